The maximum Gasteiger partial charge on any atom is 0.325 e. The Labute approximate surface area is 94.7 Å². The molecule has 1 atom stereocenters. The Hall–Kier alpha value is -1.36. The van der Waals surface area contributed by atoms with Crippen LogP contribution in [0.2, 0.25) is 0 Å². The second-order valence-electron chi connectivity index (χ2n) is 5.26. The molecule has 0 aromatic carbocycles. The highest BCUT2D eigenvalue weighted by atomic mass is 16.4. The molecule has 0 aliphatic carbocycles. The van der Waals surface area contributed by atoms with E-state index in [-0.39, 0.29) is 5.41 Å². The molecule has 1 saturated heterocycles. The van der Waals surface area contributed by atoms with Crippen LogP contribution in [0, 0.1) is 5.41 Å². The van der Waals surface area contributed by atoms with E-state index in [0.29, 0.717) is 0 Å². The minimum Gasteiger partial charge on any atom is -0.480 e. The van der Waals surface area contributed by atoms with Crippen molar-refractivity contribution >= 4 is 5.97 Å². The molecule has 0 bridgehead atoms. The Morgan fingerprint density at radius 3 is 2.56 bits per heavy atom. The summed E-state index contributed by atoms with van der Waals surface area (Å²) in [6.45, 7) is 5.93. The number of hydrogen-bond donors (Lipinski definition) is 1. The highest BCUT2D eigenvalue weighted by Crippen LogP contribution is 2.36. The van der Waals surface area contributed by atoms with Gasteiger partial charge in [0.1, 0.15) is 6.04 Å². The molecule has 1 aliphatic heterocycles. The van der Waals surface area contributed by atoms with Crippen molar-refractivity contribution in [1.82, 2.24) is 14.7 Å². The first-order valence-corrected chi connectivity index (χ1v) is 5.34. The van der Waals surface area contributed by atoms with Crippen LogP contribution in [-0.2, 0) is 11.8 Å². The van der Waals surface area contributed by atoms with Crippen LogP contribution in [0.4, 0.5) is 0 Å². The predicted octanol–water partition coefficient (Wildman–Crippen LogP) is 0.888. The Kier molecular flexibility index (Phi) is 2.50. The van der Waals surface area contributed by atoms with Crippen molar-refractivity contribution in [3.63, 3.8) is 0 Å². The first-order valence-electron chi connectivity index (χ1n) is 5.34. The maximum absolute atomic E-state index is 11.3. The lowest BCUT2D eigenvalue weighted by Crippen LogP contribution is -2.55. The lowest BCUT2D eigenvalue weighted by Gasteiger charge is -2.48. The van der Waals surface area contributed by atoms with E-state index in [1.807, 2.05) is 4.90 Å². The third-order valence-electron chi connectivity index (χ3n) is 2.90. The first kappa shape index (κ1) is 11.1. The number of nitrogens with zero attached hydrogens (tertiary/aromatic N) is 3. The van der Waals surface area contributed by atoms with Crippen LogP contribution in [-0.4, -0.2) is 38.8 Å². The highest BCUT2D eigenvalue weighted by Gasteiger charge is 2.41. The van der Waals surface area contributed by atoms with Crippen LogP contribution in [0.5, 0.6) is 0 Å². The number of likely N-dealkylation sites (tertiary alicyclic amines) is 1. The monoisotopic (exact) mass is 223 g/mol. The van der Waals surface area contributed by atoms with Crippen LogP contribution >= 0.6 is 0 Å². The van der Waals surface area contributed by atoms with Crippen LogP contribution in [0.15, 0.2) is 12.4 Å². The van der Waals surface area contributed by atoms with Crippen LogP contribution in [0.25, 0.3) is 0 Å². The lowest BCUT2D eigenvalue weighted by atomic mass is 9.82. The molecular formula is C11H17N3O2. The van der Waals surface area contributed by atoms with Gasteiger partial charge in [-0.2, -0.15) is 5.10 Å². The molecule has 0 amide bonds. The van der Waals surface area contributed by atoms with Gasteiger partial charge in [0.05, 0.1) is 6.20 Å². The average Bonchev–Trinajstić information content (AvgIpc) is 2.48. The van der Waals surface area contributed by atoms with E-state index >= 15 is 0 Å². The smallest absolute Gasteiger partial charge is 0.325 e. The Bertz CT molecular complexity index is 403. The number of aromatic nitrogens is 2. The molecule has 1 unspecified atom stereocenters. The van der Waals surface area contributed by atoms with Gasteiger partial charge in [0.25, 0.3) is 0 Å². The number of rotatable bonds is 3. The van der Waals surface area contributed by atoms with Gasteiger partial charge in [0.15, 0.2) is 0 Å². The standard InChI is InChI=1S/C11H17N3O2/c1-11(2)6-14(7-11)9(10(15)16)8-4-12-13(3)5-8/h4-5,9H,6-7H2,1-3H3,(H,15,16). The van der Waals surface area contributed by atoms with Gasteiger partial charge in [0.2, 0.25) is 0 Å². The van der Waals surface area contributed by atoms with Gasteiger partial charge in [-0.25, -0.2) is 0 Å². The summed E-state index contributed by atoms with van der Waals surface area (Å²) in [5.41, 5.74) is 0.987. The van der Waals surface area contributed by atoms with E-state index in [1.165, 1.54) is 0 Å². The van der Waals surface area contributed by atoms with Crippen LogP contribution in [0.1, 0.15) is 25.5 Å². The van der Waals surface area contributed by atoms with E-state index in [1.54, 1.807) is 24.1 Å². The van der Waals surface area contributed by atoms with Gasteiger partial charge in [-0.1, -0.05) is 13.8 Å². The van der Waals surface area contributed by atoms with Gasteiger partial charge >= 0.3 is 5.97 Å². The van der Waals surface area contributed by atoms with Gasteiger partial charge in [0, 0.05) is 31.9 Å². The summed E-state index contributed by atoms with van der Waals surface area (Å²) in [6.07, 6.45) is 3.40. The summed E-state index contributed by atoms with van der Waals surface area (Å²) < 4.78 is 1.64. The zero-order chi connectivity index (χ0) is 11.9. The summed E-state index contributed by atoms with van der Waals surface area (Å²) >= 11 is 0. The fraction of sp³-hybridized carbons (Fsp3) is 0.636. The topological polar surface area (TPSA) is 58.4 Å². The number of carboxylic acid groups (broad SMARTS) is 1. The fourth-order valence-corrected chi connectivity index (χ4v) is 2.33. The Morgan fingerprint density at radius 1 is 1.56 bits per heavy atom. The normalized spacial score (nSPS) is 21.4. The largest absolute Gasteiger partial charge is 0.480 e. The quantitative estimate of drug-likeness (QED) is 0.826. The molecule has 0 radical (unpaired) electrons. The van der Waals surface area contributed by atoms with E-state index in [0.717, 1.165) is 18.7 Å². The number of aryl methyl sites for hydroxylation is 1. The summed E-state index contributed by atoms with van der Waals surface area (Å²) in [5.74, 6) is -0.802. The zero-order valence-electron chi connectivity index (χ0n) is 9.84. The van der Waals surface area contributed by atoms with Crippen molar-refractivity contribution in [3.8, 4) is 0 Å². The second-order valence-corrected chi connectivity index (χ2v) is 5.26. The molecule has 1 fully saturated rings. The molecule has 2 heterocycles. The molecule has 2 rings (SSSR count). The van der Waals surface area contributed by atoms with Crippen molar-refractivity contribution in [2.45, 2.75) is 19.9 Å². The molecule has 1 N–H and O–H groups in total. The number of carboxylic acids is 1. The summed E-state index contributed by atoms with van der Waals surface area (Å²) in [4.78, 5) is 13.2. The predicted molar refractivity (Wildman–Crippen MR) is 58.9 cm³/mol. The van der Waals surface area contributed by atoms with Crippen molar-refractivity contribution < 1.29 is 9.90 Å². The molecule has 5 heteroatoms. The van der Waals surface area contributed by atoms with Crippen LogP contribution < -0.4 is 0 Å². The van der Waals surface area contributed by atoms with E-state index in [9.17, 15) is 9.90 Å². The average molecular weight is 223 g/mol. The lowest BCUT2D eigenvalue weighted by molar-refractivity contribution is -0.148. The SMILES string of the molecule is Cn1cc(C(C(=O)O)N2CC(C)(C)C2)cn1. The Morgan fingerprint density at radius 2 is 2.19 bits per heavy atom. The molecule has 0 spiro atoms. The van der Waals surface area contributed by atoms with E-state index in [2.05, 4.69) is 18.9 Å². The molecule has 1 aliphatic rings. The highest BCUT2D eigenvalue weighted by molar-refractivity contribution is 5.75. The second kappa shape index (κ2) is 3.59. The summed E-state index contributed by atoms with van der Waals surface area (Å²) in [7, 11) is 1.79. The molecule has 0 saturated carbocycles. The zero-order valence-corrected chi connectivity index (χ0v) is 9.84. The Balaban J connectivity index is 2.16. The van der Waals surface area contributed by atoms with Gasteiger partial charge < -0.3 is 5.11 Å². The van der Waals surface area contributed by atoms with Crippen LogP contribution in [0.3, 0.4) is 0 Å². The molecule has 88 valence electrons. The van der Waals surface area contributed by atoms with Crippen molar-refractivity contribution in [1.29, 1.82) is 0 Å². The van der Waals surface area contributed by atoms with Crippen molar-refractivity contribution in [2.75, 3.05) is 13.1 Å². The van der Waals surface area contributed by atoms with E-state index in [4.69, 9.17) is 0 Å². The summed E-state index contributed by atoms with van der Waals surface area (Å²) in [5, 5.41) is 13.3. The third kappa shape index (κ3) is 1.95. The molecule has 5 nitrogen and oxygen atoms in total. The minimum absolute atomic E-state index is 0.232. The van der Waals surface area contributed by atoms with Gasteiger partial charge in [-0.05, 0) is 5.41 Å². The summed E-state index contributed by atoms with van der Waals surface area (Å²) in [6, 6.07) is -0.554. The van der Waals surface area contributed by atoms with Crippen molar-refractivity contribution in [3.05, 3.63) is 18.0 Å². The van der Waals surface area contributed by atoms with Crippen molar-refractivity contribution in [2.24, 2.45) is 12.5 Å². The minimum atomic E-state index is -0.802. The van der Waals surface area contributed by atoms with E-state index < -0.39 is 12.0 Å². The number of carbonyl (C=O) groups is 1. The fourth-order valence-electron chi connectivity index (χ4n) is 2.33. The van der Waals surface area contributed by atoms with Gasteiger partial charge in [-0.3, -0.25) is 14.4 Å². The molecular weight excluding hydrogens is 206 g/mol. The van der Waals surface area contributed by atoms with Gasteiger partial charge in [-0.15, -0.1) is 0 Å². The maximum atomic E-state index is 11.3. The molecule has 1 aromatic rings. The number of aliphatic carboxylic acids is 1. The number of hydrogen-bond acceptors (Lipinski definition) is 3. The first-order chi connectivity index (χ1) is 7.39. The molecule has 16 heavy (non-hydrogen) atoms. The third-order valence-corrected chi connectivity index (χ3v) is 2.90. The molecule has 1 aromatic heterocycles.